The molecule has 0 aromatic heterocycles. The highest BCUT2D eigenvalue weighted by Crippen LogP contribution is 2.09. The zero-order valence-electron chi connectivity index (χ0n) is 10.2. The van der Waals surface area contributed by atoms with E-state index in [2.05, 4.69) is 10.6 Å². The summed E-state index contributed by atoms with van der Waals surface area (Å²) in [4.78, 5) is 22.5. The van der Waals surface area contributed by atoms with E-state index in [1.54, 1.807) is 0 Å². The summed E-state index contributed by atoms with van der Waals surface area (Å²) in [6.07, 6.45) is -0.258. The topological polar surface area (TPSA) is 104 Å². The summed E-state index contributed by atoms with van der Waals surface area (Å²) in [5.41, 5.74) is 5.54. The van der Waals surface area contributed by atoms with Gasteiger partial charge in [0.2, 0.25) is 5.91 Å². The van der Waals surface area contributed by atoms with Crippen LogP contribution in [0.1, 0.15) is 6.42 Å². The van der Waals surface area contributed by atoms with Gasteiger partial charge in [-0.1, -0.05) is 6.07 Å². The van der Waals surface area contributed by atoms with Crippen molar-refractivity contribution in [3.63, 3.8) is 0 Å². The van der Waals surface area contributed by atoms with Gasteiger partial charge in [0.15, 0.2) is 0 Å². The number of hydrogen-bond acceptors (Lipinski definition) is 4. The lowest BCUT2D eigenvalue weighted by molar-refractivity contribution is -0.141. The fourth-order valence-corrected chi connectivity index (χ4v) is 1.47. The van der Waals surface area contributed by atoms with Crippen molar-refractivity contribution >= 4 is 17.6 Å². The molecule has 1 aromatic rings. The molecule has 0 aliphatic heterocycles. The number of benzene rings is 1. The SMILES string of the molecule is NCCN[C@H](CC(=O)Nc1cccc(F)c1)C(=O)O. The second-order valence-corrected chi connectivity index (χ2v) is 3.90. The number of rotatable bonds is 7. The molecule has 0 aliphatic rings. The lowest BCUT2D eigenvalue weighted by atomic mass is 10.2. The Kier molecular flexibility index (Phi) is 5.91. The monoisotopic (exact) mass is 269 g/mol. The molecule has 0 radical (unpaired) electrons. The Labute approximate surface area is 109 Å². The van der Waals surface area contributed by atoms with Crippen LogP contribution >= 0.6 is 0 Å². The first-order chi connectivity index (χ1) is 9.02. The Morgan fingerprint density at radius 2 is 2.16 bits per heavy atom. The second kappa shape index (κ2) is 7.45. The molecule has 0 saturated heterocycles. The van der Waals surface area contributed by atoms with Gasteiger partial charge in [0.1, 0.15) is 11.9 Å². The highest BCUT2D eigenvalue weighted by molar-refractivity contribution is 5.94. The lowest BCUT2D eigenvalue weighted by Gasteiger charge is -2.13. The van der Waals surface area contributed by atoms with E-state index in [1.165, 1.54) is 18.2 Å². The van der Waals surface area contributed by atoms with Crippen molar-refractivity contribution in [1.29, 1.82) is 0 Å². The first-order valence-corrected chi connectivity index (χ1v) is 5.74. The summed E-state index contributed by atoms with van der Waals surface area (Å²) in [6.45, 7) is 0.569. The number of anilines is 1. The number of carbonyl (C=O) groups is 2. The maximum atomic E-state index is 12.9. The van der Waals surface area contributed by atoms with Crippen molar-refractivity contribution in [3.8, 4) is 0 Å². The fraction of sp³-hybridized carbons (Fsp3) is 0.333. The van der Waals surface area contributed by atoms with Gasteiger partial charge in [-0.3, -0.25) is 9.59 Å². The van der Waals surface area contributed by atoms with Crippen LogP contribution in [0, 0.1) is 5.82 Å². The molecule has 1 rings (SSSR count). The normalized spacial score (nSPS) is 11.9. The molecule has 104 valence electrons. The Morgan fingerprint density at radius 3 is 2.74 bits per heavy atom. The van der Waals surface area contributed by atoms with Gasteiger partial charge in [-0.05, 0) is 18.2 Å². The minimum Gasteiger partial charge on any atom is -0.480 e. The van der Waals surface area contributed by atoms with E-state index >= 15 is 0 Å². The molecular formula is C12H16FN3O3. The van der Waals surface area contributed by atoms with Crippen LogP contribution in [-0.4, -0.2) is 36.1 Å². The maximum Gasteiger partial charge on any atom is 0.321 e. The molecule has 7 heteroatoms. The molecule has 6 nitrogen and oxygen atoms in total. The van der Waals surface area contributed by atoms with Gasteiger partial charge in [-0.15, -0.1) is 0 Å². The molecular weight excluding hydrogens is 253 g/mol. The third-order valence-corrected chi connectivity index (χ3v) is 2.33. The zero-order valence-corrected chi connectivity index (χ0v) is 10.2. The summed E-state index contributed by atoms with van der Waals surface area (Å²) in [5, 5.41) is 14.0. The third-order valence-electron chi connectivity index (χ3n) is 2.33. The van der Waals surface area contributed by atoms with Crippen LogP contribution in [0.5, 0.6) is 0 Å². The number of hydrogen-bond donors (Lipinski definition) is 4. The summed E-state index contributed by atoms with van der Waals surface area (Å²) in [6, 6.07) is 4.35. The highest BCUT2D eigenvalue weighted by atomic mass is 19.1. The molecule has 0 aliphatic carbocycles. The Morgan fingerprint density at radius 1 is 1.42 bits per heavy atom. The molecule has 1 amide bonds. The van der Waals surface area contributed by atoms with Crippen molar-refractivity contribution < 1.29 is 19.1 Å². The number of nitrogens with one attached hydrogen (secondary N) is 2. The standard InChI is InChI=1S/C12H16FN3O3/c13-8-2-1-3-9(6-8)16-11(17)7-10(12(18)19)15-5-4-14/h1-3,6,10,15H,4-5,7,14H2,(H,16,17)(H,18,19)/t10-/m1/s1. The van der Waals surface area contributed by atoms with E-state index in [0.717, 1.165) is 6.07 Å². The number of halogens is 1. The van der Waals surface area contributed by atoms with Crippen molar-refractivity contribution in [2.24, 2.45) is 5.73 Å². The van der Waals surface area contributed by atoms with Crippen molar-refractivity contribution in [2.45, 2.75) is 12.5 Å². The molecule has 1 atom stereocenters. The number of carboxylic acid groups (broad SMARTS) is 1. The van der Waals surface area contributed by atoms with E-state index in [1.807, 2.05) is 0 Å². The first-order valence-electron chi connectivity index (χ1n) is 5.74. The smallest absolute Gasteiger partial charge is 0.321 e. The van der Waals surface area contributed by atoms with Gasteiger partial charge < -0.3 is 21.5 Å². The third kappa shape index (κ3) is 5.45. The Balaban J connectivity index is 2.55. The van der Waals surface area contributed by atoms with E-state index in [9.17, 15) is 14.0 Å². The van der Waals surface area contributed by atoms with Crippen molar-refractivity contribution in [2.75, 3.05) is 18.4 Å². The van der Waals surface area contributed by atoms with Gasteiger partial charge in [0, 0.05) is 18.8 Å². The van der Waals surface area contributed by atoms with Gasteiger partial charge in [-0.25, -0.2) is 4.39 Å². The molecule has 0 spiro atoms. The van der Waals surface area contributed by atoms with Crippen LogP contribution < -0.4 is 16.4 Å². The van der Waals surface area contributed by atoms with Crippen LogP contribution in [0.4, 0.5) is 10.1 Å². The molecule has 0 bridgehead atoms. The van der Waals surface area contributed by atoms with Gasteiger partial charge in [0.05, 0.1) is 6.42 Å². The average molecular weight is 269 g/mol. The quantitative estimate of drug-likeness (QED) is 0.564. The molecule has 0 fully saturated rings. The molecule has 1 aromatic carbocycles. The minimum absolute atomic E-state index is 0.258. The van der Waals surface area contributed by atoms with Crippen LogP contribution in [0.15, 0.2) is 24.3 Å². The number of nitrogens with two attached hydrogens (primary N) is 1. The summed E-state index contributed by atoms with van der Waals surface area (Å²) in [5.74, 6) is -2.13. The molecule has 0 heterocycles. The lowest BCUT2D eigenvalue weighted by Crippen LogP contribution is -2.41. The van der Waals surface area contributed by atoms with Crippen LogP contribution in [0.25, 0.3) is 0 Å². The van der Waals surface area contributed by atoms with Gasteiger partial charge in [0.25, 0.3) is 0 Å². The van der Waals surface area contributed by atoms with Gasteiger partial charge >= 0.3 is 5.97 Å². The Hall–Kier alpha value is -1.99. The van der Waals surface area contributed by atoms with Gasteiger partial charge in [-0.2, -0.15) is 0 Å². The largest absolute Gasteiger partial charge is 0.480 e. The number of aliphatic carboxylic acids is 1. The number of carbonyl (C=O) groups excluding carboxylic acids is 1. The summed E-state index contributed by atoms with van der Waals surface area (Å²) >= 11 is 0. The molecule has 0 saturated carbocycles. The van der Waals surface area contributed by atoms with E-state index in [4.69, 9.17) is 10.8 Å². The van der Waals surface area contributed by atoms with Crippen molar-refractivity contribution in [1.82, 2.24) is 5.32 Å². The van der Waals surface area contributed by atoms with Crippen LogP contribution in [0.2, 0.25) is 0 Å². The molecule has 5 N–H and O–H groups in total. The predicted octanol–water partition coefficient (Wildman–Crippen LogP) is 0.156. The van der Waals surface area contributed by atoms with Crippen molar-refractivity contribution in [3.05, 3.63) is 30.1 Å². The van der Waals surface area contributed by atoms with E-state index in [0.29, 0.717) is 6.54 Å². The summed E-state index contributed by atoms with van der Waals surface area (Å²) in [7, 11) is 0. The summed E-state index contributed by atoms with van der Waals surface area (Å²) < 4.78 is 12.9. The predicted molar refractivity (Wildman–Crippen MR) is 68.1 cm³/mol. The van der Waals surface area contributed by atoms with Crippen LogP contribution in [0.3, 0.4) is 0 Å². The minimum atomic E-state index is -1.14. The Bertz CT molecular complexity index is 454. The number of amides is 1. The van der Waals surface area contributed by atoms with E-state index in [-0.39, 0.29) is 18.7 Å². The fourth-order valence-electron chi connectivity index (χ4n) is 1.47. The number of carboxylic acids is 1. The zero-order chi connectivity index (χ0) is 14.3. The first kappa shape index (κ1) is 15.1. The highest BCUT2D eigenvalue weighted by Gasteiger charge is 2.20. The maximum absolute atomic E-state index is 12.9. The average Bonchev–Trinajstić information content (AvgIpc) is 2.34. The molecule has 19 heavy (non-hydrogen) atoms. The van der Waals surface area contributed by atoms with Crippen LogP contribution in [-0.2, 0) is 9.59 Å². The van der Waals surface area contributed by atoms with E-state index < -0.39 is 23.7 Å². The molecule has 0 unspecified atom stereocenters. The second-order valence-electron chi connectivity index (χ2n) is 3.90.